The molecule has 1 unspecified atom stereocenters. The molecule has 16 heavy (non-hydrogen) atoms. The number of rotatable bonds is 3. The van der Waals surface area contributed by atoms with Crippen LogP contribution in [0.3, 0.4) is 0 Å². The zero-order chi connectivity index (χ0) is 12.1. The number of carbonyl (C=O) groups is 2. The first-order valence-electron chi connectivity index (χ1n) is 4.62. The van der Waals surface area contributed by atoms with Gasteiger partial charge in [-0.15, -0.1) is 0 Å². The van der Waals surface area contributed by atoms with E-state index >= 15 is 0 Å². The molecule has 4 nitrogen and oxygen atoms in total. The van der Waals surface area contributed by atoms with Crippen molar-refractivity contribution < 1.29 is 14.3 Å². The summed E-state index contributed by atoms with van der Waals surface area (Å²) in [6.45, 7) is 0. The first kappa shape index (κ1) is 12.7. The lowest BCUT2D eigenvalue weighted by Crippen LogP contribution is -2.38. The van der Waals surface area contributed by atoms with Gasteiger partial charge >= 0.3 is 5.97 Å². The third-order valence-electron chi connectivity index (χ3n) is 2.08. The Balaban J connectivity index is 2.79. The first-order chi connectivity index (χ1) is 7.57. The molecule has 0 aliphatic heterocycles. The Kier molecular flexibility index (Phi) is 4.49. The number of nitrogens with zero attached hydrogens (tertiary/aromatic N) is 1. The molecule has 0 radical (unpaired) electrons. The van der Waals surface area contributed by atoms with Gasteiger partial charge in [-0.2, -0.15) is 0 Å². The molecule has 1 atom stereocenters. The second-order valence-corrected chi connectivity index (χ2v) is 4.01. The van der Waals surface area contributed by atoms with Crippen LogP contribution in [-0.2, 0) is 9.53 Å². The van der Waals surface area contributed by atoms with E-state index < -0.39 is 10.9 Å². The number of alkyl halides is 1. The topological polar surface area (TPSA) is 46.6 Å². The number of methoxy groups -OCH3 is 1. The van der Waals surface area contributed by atoms with Gasteiger partial charge in [0.05, 0.1) is 7.11 Å². The Hall–Kier alpha value is -1.36. The number of amides is 1. The molecule has 0 N–H and O–H groups in total. The van der Waals surface area contributed by atoms with Crippen LogP contribution in [0.1, 0.15) is 10.4 Å². The van der Waals surface area contributed by atoms with Crippen molar-refractivity contribution in [2.24, 2.45) is 0 Å². The predicted octanol–water partition coefficient (Wildman–Crippen LogP) is 1.65. The molecule has 5 heteroatoms. The molecule has 0 fully saturated rings. The van der Waals surface area contributed by atoms with E-state index in [2.05, 4.69) is 20.7 Å². The lowest BCUT2D eigenvalue weighted by molar-refractivity contribution is -0.142. The van der Waals surface area contributed by atoms with Crippen LogP contribution in [0.15, 0.2) is 30.3 Å². The summed E-state index contributed by atoms with van der Waals surface area (Å²) < 4.78 is 4.54. The van der Waals surface area contributed by atoms with Crippen LogP contribution >= 0.6 is 15.9 Å². The summed E-state index contributed by atoms with van der Waals surface area (Å²) >= 11 is 3.10. The smallest absolute Gasteiger partial charge is 0.339 e. The van der Waals surface area contributed by atoms with E-state index in [1.165, 1.54) is 19.1 Å². The Morgan fingerprint density at radius 3 is 2.38 bits per heavy atom. The Morgan fingerprint density at radius 1 is 1.31 bits per heavy atom. The SMILES string of the molecule is COC(=O)C(Br)N(C)C(=O)c1ccccc1. The molecule has 1 rings (SSSR count). The number of benzene rings is 1. The van der Waals surface area contributed by atoms with Crippen molar-refractivity contribution in [2.45, 2.75) is 4.95 Å². The highest BCUT2D eigenvalue weighted by Gasteiger charge is 2.25. The van der Waals surface area contributed by atoms with Gasteiger partial charge in [0.1, 0.15) is 0 Å². The van der Waals surface area contributed by atoms with Gasteiger partial charge < -0.3 is 9.64 Å². The van der Waals surface area contributed by atoms with E-state index in [0.29, 0.717) is 5.56 Å². The lowest BCUT2D eigenvalue weighted by atomic mass is 10.2. The Morgan fingerprint density at radius 2 is 1.88 bits per heavy atom. The average Bonchev–Trinajstić information content (AvgIpc) is 2.36. The number of hydrogen-bond acceptors (Lipinski definition) is 3. The van der Waals surface area contributed by atoms with Gasteiger partial charge in [0, 0.05) is 12.6 Å². The maximum atomic E-state index is 11.9. The van der Waals surface area contributed by atoms with E-state index in [9.17, 15) is 9.59 Å². The molecule has 1 aromatic carbocycles. The quantitative estimate of drug-likeness (QED) is 0.482. The zero-order valence-electron chi connectivity index (χ0n) is 9.01. The molecular formula is C11H12BrNO3. The third kappa shape index (κ3) is 2.82. The van der Waals surface area contributed by atoms with E-state index in [1.807, 2.05) is 6.07 Å². The number of ether oxygens (including phenoxy) is 1. The molecule has 0 bridgehead atoms. The third-order valence-corrected chi connectivity index (χ3v) is 3.06. The van der Waals surface area contributed by atoms with Gasteiger partial charge in [0.25, 0.3) is 5.91 Å². The fraction of sp³-hybridized carbons (Fsp3) is 0.273. The molecule has 86 valence electrons. The highest BCUT2D eigenvalue weighted by molar-refractivity contribution is 9.09. The minimum atomic E-state index is -0.773. The number of carbonyl (C=O) groups excluding carboxylic acids is 2. The monoisotopic (exact) mass is 285 g/mol. The second kappa shape index (κ2) is 5.65. The normalized spacial score (nSPS) is 11.7. The van der Waals surface area contributed by atoms with E-state index in [0.717, 1.165) is 0 Å². The van der Waals surface area contributed by atoms with Crippen LogP contribution in [0.5, 0.6) is 0 Å². The fourth-order valence-corrected chi connectivity index (χ4v) is 1.52. The summed E-state index contributed by atoms with van der Waals surface area (Å²) in [6, 6.07) is 8.74. The molecule has 0 heterocycles. The highest BCUT2D eigenvalue weighted by atomic mass is 79.9. The summed E-state index contributed by atoms with van der Waals surface area (Å²) in [4.78, 5) is 23.6. The van der Waals surface area contributed by atoms with Crippen molar-refractivity contribution in [3.8, 4) is 0 Å². The van der Waals surface area contributed by atoms with Crippen molar-refractivity contribution in [3.05, 3.63) is 35.9 Å². The van der Waals surface area contributed by atoms with E-state index in [-0.39, 0.29) is 5.91 Å². The molecule has 1 aromatic rings. The maximum Gasteiger partial charge on any atom is 0.339 e. The van der Waals surface area contributed by atoms with Crippen LogP contribution in [0.4, 0.5) is 0 Å². The number of hydrogen-bond donors (Lipinski definition) is 0. The lowest BCUT2D eigenvalue weighted by Gasteiger charge is -2.21. The summed E-state index contributed by atoms with van der Waals surface area (Å²) in [7, 11) is 2.81. The molecule has 0 aliphatic carbocycles. The molecule has 0 saturated carbocycles. The van der Waals surface area contributed by atoms with Crippen LogP contribution in [0.25, 0.3) is 0 Å². The number of halogens is 1. The van der Waals surface area contributed by atoms with Crippen LogP contribution in [-0.4, -0.2) is 35.9 Å². The first-order valence-corrected chi connectivity index (χ1v) is 5.53. The van der Waals surface area contributed by atoms with Gasteiger partial charge in [-0.25, -0.2) is 4.79 Å². The molecule has 0 aromatic heterocycles. The predicted molar refractivity (Wildman–Crippen MR) is 63.3 cm³/mol. The van der Waals surface area contributed by atoms with Gasteiger partial charge in [-0.3, -0.25) is 4.79 Å². The van der Waals surface area contributed by atoms with Crippen molar-refractivity contribution in [1.82, 2.24) is 4.90 Å². The average molecular weight is 286 g/mol. The van der Waals surface area contributed by atoms with Crippen molar-refractivity contribution in [2.75, 3.05) is 14.2 Å². The van der Waals surface area contributed by atoms with Crippen molar-refractivity contribution in [1.29, 1.82) is 0 Å². The van der Waals surface area contributed by atoms with Gasteiger partial charge in [-0.05, 0) is 12.1 Å². The standard InChI is InChI=1S/C11H12BrNO3/c1-13(9(12)11(15)16-2)10(14)8-6-4-3-5-7-8/h3-7,9H,1-2H3. The Bertz CT molecular complexity index is 380. The highest BCUT2D eigenvalue weighted by Crippen LogP contribution is 2.11. The van der Waals surface area contributed by atoms with Crippen LogP contribution < -0.4 is 0 Å². The molecular weight excluding hydrogens is 274 g/mol. The fourth-order valence-electron chi connectivity index (χ4n) is 1.14. The summed E-state index contributed by atoms with van der Waals surface area (Å²) in [5.74, 6) is -0.750. The summed E-state index contributed by atoms with van der Waals surface area (Å²) in [6.07, 6.45) is 0. The molecule has 0 saturated heterocycles. The van der Waals surface area contributed by atoms with Crippen LogP contribution in [0, 0.1) is 0 Å². The molecule has 0 spiro atoms. The van der Waals surface area contributed by atoms with Gasteiger partial charge in [-0.1, -0.05) is 34.1 Å². The van der Waals surface area contributed by atoms with E-state index in [1.54, 1.807) is 24.3 Å². The minimum absolute atomic E-state index is 0.243. The summed E-state index contributed by atoms with van der Waals surface area (Å²) in [5, 5.41) is 0. The van der Waals surface area contributed by atoms with Gasteiger partial charge in [0.2, 0.25) is 0 Å². The van der Waals surface area contributed by atoms with Crippen molar-refractivity contribution in [3.63, 3.8) is 0 Å². The molecule has 1 amide bonds. The Labute approximate surface area is 102 Å². The maximum absolute atomic E-state index is 11.9. The number of likely N-dealkylation sites (N-methyl/N-ethyl adjacent to an activating group) is 1. The number of esters is 1. The minimum Gasteiger partial charge on any atom is -0.467 e. The second-order valence-electron chi connectivity index (χ2n) is 3.14. The van der Waals surface area contributed by atoms with Crippen LogP contribution in [0.2, 0.25) is 0 Å². The molecule has 0 aliphatic rings. The van der Waals surface area contributed by atoms with Crippen molar-refractivity contribution >= 4 is 27.8 Å². The largest absolute Gasteiger partial charge is 0.467 e. The zero-order valence-corrected chi connectivity index (χ0v) is 10.6. The summed E-state index contributed by atoms with van der Waals surface area (Å²) in [5.41, 5.74) is 0.526. The van der Waals surface area contributed by atoms with Gasteiger partial charge in [0.15, 0.2) is 4.95 Å². The van der Waals surface area contributed by atoms with E-state index in [4.69, 9.17) is 0 Å².